The largest absolute Gasteiger partial charge is 0.508 e. The third-order valence-corrected chi connectivity index (χ3v) is 5.60. The summed E-state index contributed by atoms with van der Waals surface area (Å²) in [4.78, 5) is 17.5. The highest BCUT2D eigenvalue weighted by Crippen LogP contribution is 2.36. The minimum atomic E-state index is -4.57. The summed E-state index contributed by atoms with van der Waals surface area (Å²) >= 11 is 0. The first-order valence-electron chi connectivity index (χ1n) is 10.8. The fourth-order valence-corrected chi connectivity index (χ4v) is 3.82. The molecular formula is C26H17F3N6O. The second kappa shape index (κ2) is 9.03. The van der Waals surface area contributed by atoms with Crippen LogP contribution < -0.4 is 4.90 Å². The molecule has 0 aliphatic heterocycles. The minimum absolute atomic E-state index is 0.0895. The second-order valence-corrected chi connectivity index (χ2v) is 7.95. The molecule has 0 saturated heterocycles. The van der Waals surface area contributed by atoms with Crippen molar-refractivity contribution in [2.45, 2.75) is 12.7 Å². The molecule has 10 heteroatoms. The lowest BCUT2D eigenvalue weighted by Crippen LogP contribution is -2.19. The number of fused-ring (bicyclic) bond motifs is 1. The molecule has 2 aromatic carbocycles. The van der Waals surface area contributed by atoms with Gasteiger partial charge in [-0.05, 0) is 35.9 Å². The van der Waals surface area contributed by atoms with Crippen molar-refractivity contribution in [1.82, 2.24) is 19.9 Å². The van der Waals surface area contributed by atoms with Crippen LogP contribution in [0.25, 0.3) is 22.3 Å². The zero-order valence-electron chi connectivity index (χ0n) is 18.5. The van der Waals surface area contributed by atoms with Crippen molar-refractivity contribution < 1.29 is 18.3 Å². The summed E-state index contributed by atoms with van der Waals surface area (Å²) in [5.74, 6) is 0.319. The molecule has 0 bridgehead atoms. The molecular weight excluding hydrogens is 469 g/mol. The van der Waals surface area contributed by atoms with Gasteiger partial charge in [0.25, 0.3) is 0 Å². The van der Waals surface area contributed by atoms with E-state index in [0.29, 0.717) is 17.8 Å². The Hall–Kier alpha value is -4.91. The SMILES string of the molecule is N#Cc1cnc(N(Cc2ccccc2)c2ccc(O)cc2)nc1-c1c[nH]c2ncc(C(F)(F)F)cc12. The fourth-order valence-electron chi connectivity index (χ4n) is 3.82. The van der Waals surface area contributed by atoms with Gasteiger partial charge in [-0.3, -0.25) is 0 Å². The first-order chi connectivity index (χ1) is 17.3. The average Bonchev–Trinajstić information content (AvgIpc) is 3.31. The number of pyridine rings is 1. The highest BCUT2D eigenvalue weighted by atomic mass is 19.4. The quantitative estimate of drug-likeness (QED) is 0.318. The lowest BCUT2D eigenvalue weighted by Gasteiger charge is -2.23. The van der Waals surface area contributed by atoms with E-state index in [4.69, 9.17) is 0 Å². The number of phenols is 1. The zero-order chi connectivity index (χ0) is 25.3. The summed E-state index contributed by atoms with van der Waals surface area (Å²) in [6, 6.07) is 19.0. The van der Waals surface area contributed by atoms with Gasteiger partial charge in [0.15, 0.2) is 0 Å². The van der Waals surface area contributed by atoms with Gasteiger partial charge in [0.05, 0.1) is 29.6 Å². The molecule has 0 spiro atoms. The number of anilines is 2. The van der Waals surface area contributed by atoms with Gasteiger partial charge >= 0.3 is 6.18 Å². The Morgan fingerprint density at radius 3 is 2.44 bits per heavy atom. The van der Waals surface area contributed by atoms with Crippen molar-refractivity contribution in [3.8, 4) is 23.1 Å². The number of nitrogens with one attached hydrogen (secondary N) is 1. The van der Waals surface area contributed by atoms with E-state index in [2.05, 4.69) is 19.9 Å². The number of aromatic nitrogens is 4. The van der Waals surface area contributed by atoms with Gasteiger partial charge in [0.1, 0.15) is 17.5 Å². The summed E-state index contributed by atoms with van der Waals surface area (Å²) in [6.45, 7) is 0.366. The van der Waals surface area contributed by atoms with Crippen LogP contribution in [0.3, 0.4) is 0 Å². The van der Waals surface area contributed by atoms with Crippen molar-refractivity contribution in [2.24, 2.45) is 0 Å². The molecule has 3 heterocycles. The van der Waals surface area contributed by atoms with Crippen LogP contribution in [0.2, 0.25) is 0 Å². The number of H-pyrrole nitrogens is 1. The maximum Gasteiger partial charge on any atom is 0.417 e. The maximum atomic E-state index is 13.3. The predicted octanol–water partition coefficient (Wildman–Crippen LogP) is 5.95. The topological polar surface area (TPSA) is 102 Å². The van der Waals surface area contributed by atoms with Crippen molar-refractivity contribution in [3.63, 3.8) is 0 Å². The molecule has 3 aromatic heterocycles. The van der Waals surface area contributed by atoms with Crippen LogP contribution in [-0.4, -0.2) is 25.0 Å². The number of nitrogens with zero attached hydrogens (tertiary/aromatic N) is 5. The van der Waals surface area contributed by atoms with Crippen molar-refractivity contribution in [3.05, 3.63) is 95.9 Å². The van der Waals surface area contributed by atoms with Crippen LogP contribution in [0.15, 0.2) is 79.3 Å². The monoisotopic (exact) mass is 486 g/mol. The first kappa shape index (κ1) is 22.9. The molecule has 0 aliphatic carbocycles. The summed E-state index contributed by atoms with van der Waals surface area (Å²) in [5.41, 5.74) is 1.53. The summed E-state index contributed by atoms with van der Waals surface area (Å²) in [6.07, 6.45) is -0.996. The zero-order valence-corrected chi connectivity index (χ0v) is 18.5. The molecule has 0 amide bonds. The van der Waals surface area contributed by atoms with E-state index >= 15 is 0 Å². The lowest BCUT2D eigenvalue weighted by atomic mass is 10.1. The molecule has 36 heavy (non-hydrogen) atoms. The Balaban J connectivity index is 1.66. The fraction of sp³-hybridized carbons (Fsp3) is 0.0769. The lowest BCUT2D eigenvalue weighted by molar-refractivity contribution is -0.137. The minimum Gasteiger partial charge on any atom is -0.508 e. The molecule has 178 valence electrons. The number of hydrogen-bond donors (Lipinski definition) is 2. The molecule has 5 aromatic rings. The van der Waals surface area contributed by atoms with Crippen LogP contribution >= 0.6 is 0 Å². The Morgan fingerprint density at radius 2 is 1.75 bits per heavy atom. The first-order valence-corrected chi connectivity index (χ1v) is 10.8. The Bertz CT molecular complexity index is 1570. The van der Waals surface area contributed by atoms with Crippen molar-refractivity contribution in [1.29, 1.82) is 5.26 Å². The van der Waals surface area contributed by atoms with Gasteiger partial charge in [0.2, 0.25) is 5.95 Å². The summed E-state index contributed by atoms with van der Waals surface area (Å²) in [7, 11) is 0. The number of halogens is 3. The molecule has 7 nitrogen and oxygen atoms in total. The van der Waals surface area contributed by atoms with Gasteiger partial charge in [-0.1, -0.05) is 30.3 Å². The van der Waals surface area contributed by atoms with Crippen LogP contribution in [0.4, 0.5) is 24.8 Å². The van der Waals surface area contributed by atoms with Gasteiger partial charge < -0.3 is 15.0 Å². The van der Waals surface area contributed by atoms with Gasteiger partial charge in [-0.25, -0.2) is 15.0 Å². The Labute approximate surface area is 203 Å². The van der Waals surface area contributed by atoms with Crippen LogP contribution in [0.5, 0.6) is 5.75 Å². The molecule has 0 aliphatic rings. The van der Waals surface area contributed by atoms with E-state index in [1.54, 1.807) is 17.0 Å². The number of aromatic amines is 1. The van der Waals surface area contributed by atoms with Gasteiger partial charge in [-0.15, -0.1) is 0 Å². The number of nitriles is 1. The van der Waals surface area contributed by atoms with E-state index in [0.717, 1.165) is 17.8 Å². The number of rotatable bonds is 5. The number of benzene rings is 2. The van der Waals surface area contributed by atoms with Gasteiger partial charge in [0, 0.05) is 29.0 Å². The Morgan fingerprint density at radius 1 is 1.00 bits per heavy atom. The number of alkyl halides is 3. The third kappa shape index (κ3) is 4.42. The smallest absolute Gasteiger partial charge is 0.417 e. The normalized spacial score (nSPS) is 11.4. The Kier molecular flexibility index (Phi) is 5.74. The van der Waals surface area contributed by atoms with Crippen LogP contribution in [-0.2, 0) is 12.7 Å². The highest BCUT2D eigenvalue weighted by molar-refractivity contribution is 5.94. The van der Waals surface area contributed by atoms with E-state index in [-0.39, 0.29) is 34.0 Å². The number of hydrogen-bond acceptors (Lipinski definition) is 6. The van der Waals surface area contributed by atoms with Crippen LogP contribution in [0.1, 0.15) is 16.7 Å². The molecule has 0 atom stereocenters. The van der Waals surface area contributed by atoms with Gasteiger partial charge in [-0.2, -0.15) is 18.4 Å². The van der Waals surface area contributed by atoms with E-state index in [1.165, 1.54) is 24.5 Å². The molecule has 2 N–H and O–H groups in total. The standard InChI is InChI=1S/C26H17F3N6O/c27-26(28,29)18-10-21-22(14-32-24(21)31-13-18)23-17(11-30)12-33-25(34-23)35(15-16-4-2-1-3-5-16)19-6-8-20(36)9-7-19/h1-10,12-14,36H,15H2,(H,31,32). The van der Waals surface area contributed by atoms with E-state index < -0.39 is 11.7 Å². The predicted molar refractivity (Wildman–Crippen MR) is 127 cm³/mol. The molecule has 0 fully saturated rings. The van der Waals surface area contributed by atoms with E-state index in [9.17, 15) is 23.5 Å². The summed E-state index contributed by atoms with van der Waals surface area (Å²) in [5, 5.41) is 19.6. The summed E-state index contributed by atoms with van der Waals surface area (Å²) < 4.78 is 40.0. The number of phenolic OH excluding ortho intramolecular Hbond substituents is 1. The molecule has 0 radical (unpaired) electrons. The number of aromatic hydroxyl groups is 1. The maximum absolute atomic E-state index is 13.3. The molecule has 0 saturated carbocycles. The van der Waals surface area contributed by atoms with Crippen LogP contribution in [0, 0.1) is 11.3 Å². The molecule has 0 unspecified atom stereocenters. The van der Waals surface area contributed by atoms with Crippen molar-refractivity contribution >= 4 is 22.7 Å². The molecule has 5 rings (SSSR count). The second-order valence-electron chi connectivity index (χ2n) is 7.95. The third-order valence-electron chi connectivity index (χ3n) is 5.60. The highest BCUT2D eigenvalue weighted by Gasteiger charge is 2.32. The average molecular weight is 486 g/mol. The van der Waals surface area contributed by atoms with Crippen molar-refractivity contribution in [2.75, 3.05) is 4.90 Å². The van der Waals surface area contributed by atoms with E-state index in [1.807, 2.05) is 36.4 Å².